The number of carbonyl (C=O) groups excluding carboxylic acids is 1. The van der Waals surface area contributed by atoms with Gasteiger partial charge in [0.25, 0.3) is 0 Å². The monoisotopic (exact) mass is 434 g/mol. The van der Waals surface area contributed by atoms with Gasteiger partial charge in [-0.15, -0.1) is 0 Å². The van der Waals surface area contributed by atoms with Crippen molar-refractivity contribution >= 4 is 23.1 Å². The van der Waals surface area contributed by atoms with Crippen LogP contribution in [0, 0.1) is 19.3 Å². The van der Waals surface area contributed by atoms with Crippen molar-refractivity contribution in [2.75, 3.05) is 18.6 Å². The van der Waals surface area contributed by atoms with Crippen LogP contribution in [0.1, 0.15) is 79.7 Å². The summed E-state index contributed by atoms with van der Waals surface area (Å²) < 4.78 is 6.97. The highest BCUT2D eigenvalue weighted by atomic mass is 16.5. The van der Waals surface area contributed by atoms with E-state index in [9.17, 15) is 4.79 Å². The second kappa shape index (κ2) is 8.57. The fraction of sp³-hybridized carbons (Fsp3) is 0.500. The average molecular weight is 435 g/mol. The lowest BCUT2D eigenvalue weighted by molar-refractivity contribution is 0.0519. The summed E-state index contributed by atoms with van der Waals surface area (Å²) in [5.41, 5.74) is 5.97. The molecule has 32 heavy (non-hydrogen) atoms. The Morgan fingerprint density at radius 1 is 1.19 bits per heavy atom. The molecular weight excluding hydrogens is 400 g/mol. The molecule has 0 spiro atoms. The van der Waals surface area contributed by atoms with Crippen molar-refractivity contribution in [1.29, 1.82) is 0 Å². The molecule has 1 aromatic carbocycles. The molecule has 0 atom stereocenters. The highest BCUT2D eigenvalue weighted by Gasteiger charge is 2.30. The SMILES string of the molecule is CCOC(=O)c1cc2nc(C3CCC(C)(C)CC3)cc(N(C)c3c(C)cccc3C)n2n1. The Bertz CT molecular complexity index is 1120. The first kappa shape index (κ1) is 22.3. The van der Waals surface area contributed by atoms with Crippen LogP contribution >= 0.6 is 0 Å². The Hall–Kier alpha value is -2.89. The Kier molecular flexibility index (Phi) is 5.97. The molecule has 6 heteroatoms. The van der Waals surface area contributed by atoms with Crippen molar-refractivity contribution in [3.8, 4) is 0 Å². The Labute approximate surface area is 190 Å². The van der Waals surface area contributed by atoms with Gasteiger partial charge in [0.2, 0.25) is 0 Å². The zero-order valence-electron chi connectivity index (χ0n) is 20.1. The van der Waals surface area contributed by atoms with Crippen LogP contribution < -0.4 is 4.90 Å². The van der Waals surface area contributed by atoms with E-state index in [2.05, 4.69) is 69.0 Å². The minimum absolute atomic E-state index is 0.289. The lowest BCUT2D eigenvalue weighted by atomic mass is 9.72. The summed E-state index contributed by atoms with van der Waals surface area (Å²) in [6.07, 6.45) is 4.64. The van der Waals surface area contributed by atoms with Crippen molar-refractivity contribution < 1.29 is 9.53 Å². The summed E-state index contributed by atoms with van der Waals surface area (Å²) in [6.45, 7) is 11.1. The number of para-hydroxylation sites is 1. The van der Waals surface area contributed by atoms with Gasteiger partial charge in [0, 0.05) is 36.5 Å². The smallest absolute Gasteiger partial charge is 0.358 e. The molecule has 3 aromatic rings. The molecule has 1 saturated carbocycles. The second-order valence-electron chi connectivity index (χ2n) is 9.80. The van der Waals surface area contributed by atoms with Gasteiger partial charge < -0.3 is 9.64 Å². The zero-order chi connectivity index (χ0) is 23.0. The predicted octanol–water partition coefficient (Wildman–Crippen LogP) is 5.97. The van der Waals surface area contributed by atoms with Crippen LogP contribution in [0.15, 0.2) is 30.3 Å². The molecule has 0 aliphatic heterocycles. The van der Waals surface area contributed by atoms with E-state index >= 15 is 0 Å². The van der Waals surface area contributed by atoms with Crippen molar-refractivity contribution in [3.63, 3.8) is 0 Å². The highest BCUT2D eigenvalue weighted by molar-refractivity contribution is 5.88. The van der Waals surface area contributed by atoms with Crippen LogP contribution in [0.5, 0.6) is 0 Å². The number of ether oxygens (including phenoxy) is 1. The van der Waals surface area contributed by atoms with Gasteiger partial charge in [-0.2, -0.15) is 9.61 Å². The number of aromatic nitrogens is 3. The molecule has 0 saturated heterocycles. The molecule has 4 rings (SSSR count). The maximum atomic E-state index is 12.4. The third-order valence-corrected chi connectivity index (χ3v) is 6.79. The number of esters is 1. The second-order valence-corrected chi connectivity index (χ2v) is 9.80. The van der Waals surface area contributed by atoms with Crippen LogP contribution in [-0.4, -0.2) is 34.2 Å². The van der Waals surface area contributed by atoms with E-state index in [1.54, 1.807) is 17.5 Å². The first-order valence-corrected chi connectivity index (χ1v) is 11.6. The number of rotatable bonds is 5. The predicted molar refractivity (Wildman–Crippen MR) is 128 cm³/mol. The summed E-state index contributed by atoms with van der Waals surface area (Å²) in [6, 6.07) is 10.2. The van der Waals surface area contributed by atoms with Crippen LogP contribution in [-0.2, 0) is 4.74 Å². The van der Waals surface area contributed by atoms with Crippen LogP contribution in [0.25, 0.3) is 5.65 Å². The van der Waals surface area contributed by atoms with E-state index in [1.807, 2.05) is 0 Å². The normalized spacial score (nSPS) is 16.3. The number of carbonyl (C=O) groups is 1. The molecule has 170 valence electrons. The van der Waals surface area contributed by atoms with Gasteiger partial charge in [-0.25, -0.2) is 9.78 Å². The van der Waals surface area contributed by atoms with Gasteiger partial charge >= 0.3 is 5.97 Å². The van der Waals surface area contributed by atoms with Crippen molar-refractivity contribution in [2.24, 2.45) is 5.41 Å². The highest BCUT2D eigenvalue weighted by Crippen LogP contribution is 2.43. The van der Waals surface area contributed by atoms with Gasteiger partial charge in [0.05, 0.1) is 6.61 Å². The number of hydrogen-bond acceptors (Lipinski definition) is 5. The van der Waals surface area contributed by atoms with Crippen molar-refractivity contribution in [2.45, 2.75) is 66.2 Å². The molecule has 0 amide bonds. The first-order valence-electron chi connectivity index (χ1n) is 11.6. The van der Waals surface area contributed by atoms with E-state index in [1.165, 1.54) is 24.0 Å². The molecule has 0 N–H and O–H groups in total. The minimum Gasteiger partial charge on any atom is -0.461 e. The molecule has 0 unspecified atom stereocenters. The van der Waals surface area contributed by atoms with E-state index in [0.29, 0.717) is 23.6 Å². The largest absolute Gasteiger partial charge is 0.461 e. The fourth-order valence-electron chi connectivity index (χ4n) is 4.87. The molecule has 1 fully saturated rings. The first-order chi connectivity index (χ1) is 15.2. The Morgan fingerprint density at radius 2 is 1.84 bits per heavy atom. The number of benzene rings is 1. The molecule has 6 nitrogen and oxygen atoms in total. The topological polar surface area (TPSA) is 59.7 Å². The van der Waals surface area contributed by atoms with Gasteiger partial charge in [0.15, 0.2) is 11.3 Å². The molecular formula is C26H34N4O2. The van der Waals surface area contributed by atoms with Gasteiger partial charge in [-0.3, -0.25) is 0 Å². The van der Waals surface area contributed by atoms with Crippen molar-refractivity contribution in [3.05, 3.63) is 52.8 Å². The quantitative estimate of drug-likeness (QED) is 0.463. The molecule has 2 aromatic heterocycles. The standard InChI is InChI=1S/C26H34N4O2/c1-7-32-25(31)21-15-22-27-20(19-11-13-26(4,5)14-12-19)16-23(30(22)28-21)29(6)24-17(2)9-8-10-18(24)3/h8-10,15-16,19H,7,11-14H2,1-6H3. The summed E-state index contributed by atoms with van der Waals surface area (Å²) in [5, 5.41) is 4.58. The van der Waals surface area contributed by atoms with E-state index < -0.39 is 5.97 Å². The number of anilines is 2. The van der Waals surface area contributed by atoms with Crippen molar-refractivity contribution in [1.82, 2.24) is 14.6 Å². The molecule has 0 radical (unpaired) electrons. The van der Waals surface area contributed by atoms with E-state index in [4.69, 9.17) is 9.72 Å². The Balaban J connectivity index is 1.84. The molecule has 1 aliphatic carbocycles. The van der Waals surface area contributed by atoms with Gasteiger partial charge in [-0.1, -0.05) is 32.0 Å². The number of hydrogen-bond donors (Lipinski definition) is 0. The number of fused-ring (bicyclic) bond motifs is 1. The molecule has 0 bridgehead atoms. The zero-order valence-corrected chi connectivity index (χ0v) is 20.1. The summed E-state index contributed by atoms with van der Waals surface area (Å²) in [5.74, 6) is 0.904. The average Bonchev–Trinajstić information content (AvgIpc) is 3.17. The lowest BCUT2D eigenvalue weighted by Crippen LogP contribution is -2.22. The maximum Gasteiger partial charge on any atom is 0.358 e. The van der Waals surface area contributed by atoms with Crippen LogP contribution in [0.2, 0.25) is 0 Å². The lowest BCUT2D eigenvalue weighted by Gasteiger charge is -2.34. The number of nitrogens with zero attached hydrogens (tertiary/aromatic N) is 4. The summed E-state index contributed by atoms with van der Waals surface area (Å²) >= 11 is 0. The van der Waals surface area contributed by atoms with E-state index in [-0.39, 0.29) is 5.69 Å². The van der Waals surface area contributed by atoms with E-state index in [0.717, 1.165) is 30.0 Å². The number of aryl methyl sites for hydroxylation is 2. The molecule has 2 heterocycles. The summed E-state index contributed by atoms with van der Waals surface area (Å²) in [7, 11) is 2.06. The Morgan fingerprint density at radius 3 is 2.47 bits per heavy atom. The van der Waals surface area contributed by atoms with Gasteiger partial charge in [-0.05, 0) is 63.0 Å². The maximum absolute atomic E-state index is 12.4. The van der Waals surface area contributed by atoms with Crippen LogP contribution in [0.4, 0.5) is 11.5 Å². The fourth-order valence-corrected chi connectivity index (χ4v) is 4.87. The third-order valence-electron chi connectivity index (χ3n) is 6.79. The summed E-state index contributed by atoms with van der Waals surface area (Å²) in [4.78, 5) is 19.5. The van der Waals surface area contributed by atoms with Gasteiger partial charge in [0.1, 0.15) is 5.82 Å². The van der Waals surface area contributed by atoms with Crippen LogP contribution in [0.3, 0.4) is 0 Å². The third kappa shape index (κ3) is 4.23. The minimum atomic E-state index is -0.417. The molecule has 1 aliphatic rings.